The van der Waals surface area contributed by atoms with Crippen molar-refractivity contribution in [2.24, 2.45) is 0 Å². The maximum atomic E-state index is 11.1. The van der Waals surface area contributed by atoms with E-state index in [-0.39, 0.29) is 5.56 Å². The van der Waals surface area contributed by atoms with Crippen LogP contribution in [0.15, 0.2) is 12.3 Å². The molecule has 0 bridgehead atoms. The predicted octanol–water partition coefficient (Wildman–Crippen LogP) is 1.10. The van der Waals surface area contributed by atoms with Gasteiger partial charge in [-0.2, -0.15) is 5.26 Å². The van der Waals surface area contributed by atoms with Gasteiger partial charge < -0.3 is 15.7 Å². The Balaban J connectivity index is 3.10. The molecular weight excluding hydrogens is 220 g/mol. The fourth-order valence-corrected chi connectivity index (χ4v) is 1.48. The highest BCUT2D eigenvalue weighted by molar-refractivity contribution is 5.94. The van der Waals surface area contributed by atoms with E-state index in [2.05, 4.69) is 4.98 Å². The van der Waals surface area contributed by atoms with Gasteiger partial charge in [0.05, 0.1) is 24.4 Å². The van der Waals surface area contributed by atoms with Crippen LogP contribution in [0.25, 0.3) is 0 Å². The number of pyridine rings is 1. The van der Waals surface area contributed by atoms with Crippen LogP contribution in [-0.4, -0.2) is 29.1 Å². The number of anilines is 2. The number of nitriles is 1. The minimum Gasteiger partial charge on any atom is -0.478 e. The molecule has 0 saturated heterocycles. The second-order valence-corrected chi connectivity index (χ2v) is 3.43. The van der Waals surface area contributed by atoms with Crippen LogP contribution < -0.4 is 10.6 Å². The number of carboxylic acid groups (broad SMARTS) is 1. The lowest BCUT2D eigenvalue weighted by Gasteiger charge is -2.22. The van der Waals surface area contributed by atoms with Crippen molar-refractivity contribution < 1.29 is 9.90 Å². The van der Waals surface area contributed by atoms with Crippen LogP contribution in [-0.2, 0) is 0 Å². The molecule has 1 aromatic heterocycles. The summed E-state index contributed by atoms with van der Waals surface area (Å²) in [6.45, 7) is 2.91. The van der Waals surface area contributed by atoms with E-state index >= 15 is 0 Å². The van der Waals surface area contributed by atoms with Crippen molar-refractivity contribution in [2.45, 2.75) is 13.3 Å². The van der Waals surface area contributed by atoms with Gasteiger partial charge in [-0.15, -0.1) is 0 Å². The molecule has 0 saturated carbocycles. The Hall–Kier alpha value is -2.29. The molecule has 1 heterocycles. The van der Waals surface area contributed by atoms with E-state index in [1.165, 1.54) is 12.3 Å². The lowest BCUT2D eigenvalue weighted by Crippen LogP contribution is -2.27. The summed E-state index contributed by atoms with van der Waals surface area (Å²) in [5.74, 6) is -0.723. The number of rotatable bonds is 5. The molecule has 0 radical (unpaired) electrons. The number of hydrogen-bond donors (Lipinski definition) is 2. The third-order valence-electron chi connectivity index (χ3n) is 2.29. The van der Waals surface area contributed by atoms with Crippen LogP contribution in [0, 0.1) is 11.3 Å². The van der Waals surface area contributed by atoms with Crippen molar-refractivity contribution in [3.63, 3.8) is 0 Å². The molecule has 1 rings (SSSR count). The predicted molar refractivity (Wildman–Crippen MR) is 63.7 cm³/mol. The van der Waals surface area contributed by atoms with Crippen molar-refractivity contribution >= 4 is 17.5 Å². The Morgan fingerprint density at radius 1 is 1.71 bits per heavy atom. The van der Waals surface area contributed by atoms with Crippen LogP contribution in [0.3, 0.4) is 0 Å². The zero-order chi connectivity index (χ0) is 12.8. The Bertz CT molecular complexity index is 453. The van der Waals surface area contributed by atoms with E-state index in [1.807, 2.05) is 13.0 Å². The Kier molecular flexibility index (Phi) is 4.29. The van der Waals surface area contributed by atoms with E-state index in [1.54, 1.807) is 4.90 Å². The number of nitrogens with two attached hydrogens (primary N) is 1. The van der Waals surface area contributed by atoms with Crippen LogP contribution in [0.5, 0.6) is 0 Å². The standard InChI is InChI=1S/C11H14N4O2/c1-2-15(5-3-4-12)10-9(11(16)17)6-8(13)7-14-10/h6-7H,2-3,5,13H2,1H3,(H,16,17). The molecule has 0 aliphatic carbocycles. The summed E-state index contributed by atoms with van der Waals surface area (Å²) >= 11 is 0. The molecule has 6 heteroatoms. The molecule has 0 aliphatic rings. The molecular formula is C11H14N4O2. The largest absolute Gasteiger partial charge is 0.478 e. The number of nitrogen functional groups attached to an aromatic ring is 1. The monoisotopic (exact) mass is 234 g/mol. The summed E-state index contributed by atoms with van der Waals surface area (Å²) in [6.07, 6.45) is 1.73. The highest BCUT2D eigenvalue weighted by Gasteiger charge is 2.16. The van der Waals surface area contributed by atoms with Crippen LogP contribution in [0.2, 0.25) is 0 Å². The summed E-state index contributed by atoms with van der Waals surface area (Å²) in [6, 6.07) is 3.40. The van der Waals surface area contributed by atoms with Crippen molar-refractivity contribution in [3.8, 4) is 6.07 Å². The van der Waals surface area contributed by atoms with Gasteiger partial charge >= 0.3 is 5.97 Å². The highest BCUT2D eigenvalue weighted by Crippen LogP contribution is 2.20. The van der Waals surface area contributed by atoms with Crippen LogP contribution in [0.4, 0.5) is 11.5 Å². The molecule has 0 amide bonds. The summed E-state index contributed by atoms with van der Waals surface area (Å²) in [4.78, 5) is 16.9. The first kappa shape index (κ1) is 12.8. The number of hydrogen-bond acceptors (Lipinski definition) is 5. The summed E-state index contributed by atoms with van der Waals surface area (Å²) < 4.78 is 0. The maximum Gasteiger partial charge on any atom is 0.339 e. The minimum atomic E-state index is -1.07. The number of carboxylic acids is 1. The molecule has 0 unspecified atom stereocenters. The SMILES string of the molecule is CCN(CCC#N)c1ncc(N)cc1C(=O)O. The summed E-state index contributed by atoms with van der Waals surface area (Å²) in [5.41, 5.74) is 5.88. The average molecular weight is 234 g/mol. The lowest BCUT2D eigenvalue weighted by atomic mass is 10.2. The molecule has 90 valence electrons. The zero-order valence-corrected chi connectivity index (χ0v) is 9.55. The number of aromatic nitrogens is 1. The molecule has 0 spiro atoms. The first-order valence-electron chi connectivity index (χ1n) is 5.20. The lowest BCUT2D eigenvalue weighted by molar-refractivity contribution is 0.0697. The quantitative estimate of drug-likeness (QED) is 0.790. The van der Waals surface area contributed by atoms with Crippen molar-refractivity contribution in [2.75, 3.05) is 23.7 Å². The van der Waals surface area contributed by atoms with Gasteiger partial charge in [-0.25, -0.2) is 9.78 Å². The van der Waals surface area contributed by atoms with Crippen molar-refractivity contribution in [1.82, 2.24) is 4.98 Å². The summed E-state index contributed by atoms with van der Waals surface area (Å²) in [7, 11) is 0. The minimum absolute atomic E-state index is 0.0600. The maximum absolute atomic E-state index is 11.1. The van der Waals surface area contributed by atoms with Gasteiger partial charge in [-0.1, -0.05) is 0 Å². The number of carbonyl (C=O) groups is 1. The van der Waals surface area contributed by atoms with E-state index in [0.29, 0.717) is 31.0 Å². The van der Waals surface area contributed by atoms with Gasteiger partial charge in [0.15, 0.2) is 0 Å². The fourth-order valence-electron chi connectivity index (χ4n) is 1.48. The van der Waals surface area contributed by atoms with Gasteiger partial charge in [0, 0.05) is 13.1 Å². The van der Waals surface area contributed by atoms with Gasteiger partial charge in [-0.05, 0) is 13.0 Å². The van der Waals surface area contributed by atoms with Gasteiger partial charge in [0.25, 0.3) is 0 Å². The molecule has 0 aromatic carbocycles. The Morgan fingerprint density at radius 3 is 2.94 bits per heavy atom. The van der Waals surface area contributed by atoms with Crippen LogP contribution in [0.1, 0.15) is 23.7 Å². The molecule has 0 atom stereocenters. The van der Waals surface area contributed by atoms with E-state index in [0.717, 1.165) is 0 Å². The third kappa shape index (κ3) is 3.08. The van der Waals surface area contributed by atoms with Gasteiger partial charge in [0.1, 0.15) is 11.4 Å². The van der Waals surface area contributed by atoms with E-state index < -0.39 is 5.97 Å². The molecule has 0 aliphatic heterocycles. The van der Waals surface area contributed by atoms with E-state index in [4.69, 9.17) is 16.1 Å². The van der Waals surface area contributed by atoms with Crippen molar-refractivity contribution in [3.05, 3.63) is 17.8 Å². The summed E-state index contributed by atoms with van der Waals surface area (Å²) in [5, 5.41) is 17.6. The topological polar surface area (TPSA) is 103 Å². The number of nitrogens with zero attached hydrogens (tertiary/aromatic N) is 3. The second kappa shape index (κ2) is 5.70. The Labute approximate surface area is 99.3 Å². The first-order valence-corrected chi connectivity index (χ1v) is 5.20. The van der Waals surface area contributed by atoms with Crippen molar-refractivity contribution in [1.29, 1.82) is 5.26 Å². The molecule has 0 fully saturated rings. The molecule has 17 heavy (non-hydrogen) atoms. The molecule has 1 aromatic rings. The third-order valence-corrected chi connectivity index (χ3v) is 2.29. The highest BCUT2D eigenvalue weighted by atomic mass is 16.4. The van der Waals surface area contributed by atoms with Crippen LogP contribution >= 0.6 is 0 Å². The number of aromatic carboxylic acids is 1. The Morgan fingerprint density at radius 2 is 2.41 bits per heavy atom. The fraction of sp³-hybridized carbons (Fsp3) is 0.364. The first-order chi connectivity index (χ1) is 8.10. The second-order valence-electron chi connectivity index (χ2n) is 3.43. The van der Waals surface area contributed by atoms with Gasteiger partial charge in [-0.3, -0.25) is 0 Å². The molecule has 6 nitrogen and oxygen atoms in total. The molecule has 3 N–H and O–H groups in total. The van der Waals surface area contributed by atoms with E-state index in [9.17, 15) is 4.79 Å². The zero-order valence-electron chi connectivity index (χ0n) is 9.55. The normalized spacial score (nSPS) is 9.65. The average Bonchev–Trinajstić information content (AvgIpc) is 2.31. The van der Waals surface area contributed by atoms with Gasteiger partial charge in [0.2, 0.25) is 0 Å². The smallest absolute Gasteiger partial charge is 0.339 e.